The van der Waals surface area contributed by atoms with E-state index in [1.54, 1.807) is 18.3 Å². The molecule has 0 unspecified atom stereocenters. The van der Waals surface area contributed by atoms with E-state index >= 15 is 0 Å². The monoisotopic (exact) mass is 247 g/mol. The molecule has 0 aliphatic rings. The second-order valence-electron chi connectivity index (χ2n) is 3.55. The molecule has 0 bridgehead atoms. The smallest absolute Gasteiger partial charge is 0.248 e. The molecule has 3 rings (SSSR count). The van der Waals surface area contributed by atoms with E-state index in [1.807, 2.05) is 0 Å². The minimum atomic E-state index is -0.151. The third-order valence-electron chi connectivity index (χ3n) is 2.26. The summed E-state index contributed by atoms with van der Waals surface area (Å²) in [5.74, 6) is 1.31. The summed E-state index contributed by atoms with van der Waals surface area (Å²) in [5.41, 5.74) is 0.487. The summed E-state index contributed by atoms with van der Waals surface area (Å²) in [4.78, 5) is 4.16. The summed E-state index contributed by atoms with van der Waals surface area (Å²) < 4.78 is 11.7. The molecule has 92 valence electrons. The van der Waals surface area contributed by atoms with Crippen molar-refractivity contribution in [2.75, 3.05) is 0 Å². The highest BCUT2D eigenvalue weighted by molar-refractivity contribution is 5.44. The van der Waals surface area contributed by atoms with Gasteiger partial charge in [0.25, 0.3) is 0 Å². The van der Waals surface area contributed by atoms with Crippen molar-refractivity contribution in [2.24, 2.45) is 0 Å². The quantitative estimate of drug-likeness (QED) is 0.714. The van der Waals surface area contributed by atoms with E-state index in [2.05, 4.69) is 20.5 Å². The lowest BCUT2D eigenvalue weighted by Crippen LogP contribution is -2.00. The minimum Gasteiger partial charge on any atom is -0.461 e. The third-order valence-corrected chi connectivity index (χ3v) is 2.26. The third kappa shape index (κ3) is 2.00. The molecular formula is C10H9N5O3. The second kappa shape index (κ2) is 4.41. The zero-order valence-corrected chi connectivity index (χ0v) is 9.22. The van der Waals surface area contributed by atoms with E-state index in [-0.39, 0.29) is 6.61 Å². The fraction of sp³-hybridized carbons (Fsp3) is 0.200. The van der Waals surface area contributed by atoms with E-state index in [0.29, 0.717) is 29.7 Å². The van der Waals surface area contributed by atoms with Crippen molar-refractivity contribution in [2.45, 2.75) is 13.2 Å². The summed E-state index contributed by atoms with van der Waals surface area (Å²) in [6.45, 7) is 0.141. The summed E-state index contributed by atoms with van der Waals surface area (Å²) in [5, 5.41) is 20.2. The molecule has 3 aromatic rings. The zero-order chi connectivity index (χ0) is 12.4. The van der Waals surface area contributed by atoms with Crippen LogP contribution < -0.4 is 0 Å². The van der Waals surface area contributed by atoms with Crippen LogP contribution in [0.25, 0.3) is 11.6 Å². The maximum atomic E-state index is 8.87. The number of aliphatic hydroxyl groups is 1. The Morgan fingerprint density at radius 2 is 2.33 bits per heavy atom. The van der Waals surface area contributed by atoms with Crippen molar-refractivity contribution in [1.82, 2.24) is 25.1 Å². The summed E-state index contributed by atoms with van der Waals surface area (Å²) in [6, 6.07) is 3.49. The molecule has 8 nitrogen and oxygen atoms in total. The van der Waals surface area contributed by atoms with Crippen molar-refractivity contribution in [1.29, 1.82) is 0 Å². The number of hydrogen-bond donors (Lipinski definition) is 1. The molecule has 0 fully saturated rings. The molecule has 18 heavy (non-hydrogen) atoms. The molecule has 0 aliphatic heterocycles. The van der Waals surface area contributed by atoms with Gasteiger partial charge >= 0.3 is 0 Å². The van der Waals surface area contributed by atoms with E-state index < -0.39 is 0 Å². The molecule has 8 heteroatoms. The van der Waals surface area contributed by atoms with Crippen molar-refractivity contribution in [3.63, 3.8) is 0 Å². The second-order valence-corrected chi connectivity index (χ2v) is 3.55. The summed E-state index contributed by atoms with van der Waals surface area (Å²) in [7, 11) is 0. The van der Waals surface area contributed by atoms with Gasteiger partial charge in [-0.1, -0.05) is 10.4 Å². The zero-order valence-electron chi connectivity index (χ0n) is 9.22. The molecule has 0 aliphatic carbocycles. The summed E-state index contributed by atoms with van der Waals surface area (Å²) in [6.07, 6.45) is 3.15. The predicted molar refractivity (Wildman–Crippen MR) is 57.0 cm³/mol. The first-order valence-electron chi connectivity index (χ1n) is 5.21. The van der Waals surface area contributed by atoms with Gasteiger partial charge < -0.3 is 14.0 Å². The van der Waals surface area contributed by atoms with Gasteiger partial charge in [-0.25, -0.2) is 4.68 Å². The first kappa shape index (κ1) is 10.7. The van der Waals surface area contributed by atoms with Gasteiger partial charge in [-0.15, -0.1) is 5.10 Å². The first-order chi connectivity index (χ1) is 8.85. The lowest BCUT2D eigenvalue weighted by atomic mass is 10.4. The Bertz CT molecular complexity index is 628. The van der Waals surface area contributed by atoms with Crippen LogP contribution in [0.3, 0.4) is 0 Å². The average Bonchev–Trinajstić information content (AvgIpc) is 3.10. The first-order valence-corrected chi connectivity index (χ1v) is 5.21. The number of hydrogen-bond acceptors (Lipinski definition) is 7. The maximum Gasteiger partial charge on any atom is 0.248 e. The number of nitrogens with zero attached hydrogens (tertiary/aromatic N) is 5. The molecule has 0 spiro atoms. The minimum absolute atomic E-state index is 0.151. The molecule has 0 saturated heterocycles. The molecule has 0 saturated carbocycles. The molecule has 3 heterocycles. The lowest BCUT2D eigenvalue weighted by Gasteiger charge is -1.91. The number of rotatable bonds is 4. The molecule has 0 radical (unpaired) electrons. The van der Waals surface area contributed by atoms with E-state index in [9.17, 15) is 0 Å². The number of furan rings is 1. The van der Waals surface area contributed by atoms with E-state index in [4.69, 9.17) is 14.0 Å². The standard InChI is InChI=1S/C10H9N5O3/c16-6-7-4-15(14-12-7)5-9-11-10(13-18-9)8-2-1-3-17-8/h1-4,16H,5-6H2. The highest BCUT2D eigenvalue weighted by Gasteiger charge is 2.11. The van der Waals surface area contributed by atoms with Crippen LogP contribution in [-0.4, -0.2) is 30.2 Å². The Balaban J connectivity index is 1.77. The molecule has 1 N–H and O–H groups in total. The van der Waals surface area contributed by atoms with Crippen LogP contribution in [0, 0.1) is 0 Å². The average molecular weight is 247 g/mol. The number of aromatic nitrogens is 5. The van der Waals surface area contributed by atoms with Gasteiger partial charge in [-0.2, -0.15) is 4.98 Å². The van der Waals surface area contributed by atoms with Crippen molar-refractivity contribution in [3.05, 3.63) is 36.2 Å². The molecule has 3 aromatic heterocycles. The topological polar surface area (TPSA) is 103 Å². The van der Waals surface area contributed by atoms with Gasteiger partial charge in [0.1, 0.15) is 12.2 Å². The SMILES string of the molecule is OCc1cn(Cc2nc(-c3ccco3)no2)nn1. The van der Waals surface area contributed by atoms with Gasteiger partial charge in [0.2, 0.25) is 11.7 Å². The highest BCUT2D eigenvalue weighted by Crippen LogP contribution is 2.15. The van der Waals surface area contributed by atoms with Crippen LogP contribution in [0.15, 0.2) is 33.5 Å². The molecular weight excluding hydrogens is 238 g/mol. The highest BCUT2D eigenvalue weighted by atomic mass is 16.5. The van der Waals surface area contributed by atoms with Crippen LogP contribution in [0.2, 0.25) is 0 Å². The van der Waals surface area contributed by atoms with Gasteiger partial charge in [-0.3, -0.25) is 0 Å². The van der Waals surface area contributed by atoms with E-state index in [1.165, 1.54) is 10.9 Å². The van der Waals surface area contributed by atoms with Gasteiger partial charge in [-0.05, 0) is 12.1 Å². The largest absolute Gasteiger partial charge is 0.461 e. The van der Waals surface area contributed by atoms with Crippen LogP contribution in [0.4, 0.5) is 0 Å². The van der Waals surface area contributed by atoms with Gasteiger partial charge in [0.15, 0.2) is 5.76 Å². The van der Waals surface area contributed by atoms with Crippen LogP contribution in [0.1, 0.15) is 11.6 Å². The fourth-order valence-corrected chi connectivity index (χ4v) is 1.45. The normalized spacial score (nSPS) is 10.9. The Kier molecular flexibility index (Phi) is 2.61. The van der Waals surface area contributed by atoms with Crippen molar-refractivity contribution < 1.29 is 14.0 Å². The summed E-state index contributed by atoms with van der Waals surface area (Å²) >= 11 is 0. The lowest BCUT2D eigenvalue weighted by molar-refractivity contribution is 0.276. The van der Waals surface area contributed by atoms with E-state index in [0.717, 1.165) is 0 Å². The Hall–Kier alpha value is -2.48. The maximum absolute atomic E-state index is 8.87. The molecule has 0 aromatic carbocycles. The van der Waals surface area contributed by atoms with Gasteiger partial charge in [0, 0.05) is 0 Å². The fourth-order valence-electron chi connectivity index (χ4n) is 1.45. The van der Waals surface area contributed by atoms with Crippen molar-refractivity contribution >= 4 is 0 Å². The number of aliphatic hydroxyl groups excluding tert-OH is 1. The Morgan fingerprint density at radius 1 is 1.39 bits per heavy atom. The van der Waals surface area contributed by atoms with Crippen LogP contribution >= 0.6 is 0 Å². The van der Waals surface area contributed by atoms with Crippen LogP contribution in [0.5, 0.6) is 0 Å². The van der Waals surface area contributed by atoms with Crippen LogP contribution in [-0.2, 0) is 13.2 Å². The van der Waals surface area contributed by atoms with Crippen molar-refractivity contribution in [3.8, 4) is 11.6 Å². The van der Waals surface area contributed by atoms with Gasteiger partial charge in [0.05, 0.1) is 19.1 Å². The Morgan fingerprint density at radius 3 is 3.06 bits per heavy atom. The molecule has 0 atom stereocenters. The molecule has 0 amide bonds. The Labute approximate surface area is 101 Å². The predicted octanol–water partition coefficient (Wildman–Crippen LogP) is 0.462.